The highest BCUT2D eigenvalue weighted by atomic mass is 16.6. The largest absolute Gasteiger partial charge is 0.374 e. The molecule has 5 rings (SSSR count). The molecule has 1 saturated carbocycles. The second-order valence-electron chi connectivity index (χ2n) is 11.9. The molecule has 214 valence electrons. The van der Waals surface area contributed by atoms with Gasteiger partial charge in [-0.15, -0.1) is 0 Å². The van der Waals surface area contributed by atoms with Crippen LogP contribution in [0.1, 0.15) is 98.5 Å². The minimum Gasteiger partial charge on any atom is -0.374 e. The SMILES string of the molecule is CCCN1CCC(c2ccc(C(N)=O)c([C@@H](C(=O)N3C[C@H](OCC)[C@H]4OCC(=O)[C@H]43)C3CCCCC3)c2)CC1. The van der Waals surface area contributed by atoms with E-state index in [9.17, 15) is 14.4 Å². The van der Waals surface area contributed by atoms with E-state index in [1.54, 1.807) is 4.90 Å². The predicted molar refractivity (Wildman–Crippen MR) is 149 cm³/mol. The summed E-state index contributed by atoms with van der Waals surface area (Å²) in [7, 11) is 0. The molecule has 2 amide bonds. The number of hydrogen-bond acceptors (Lipinski definition) is 6. The third-order valence-corrected chi connectivity index (χ3v) is 9.46. The maximum absolute atomic E-state index is 14.6. The molecule has 0 aromatic heterocycles. The van der Waals surface area contributed by atoms with Crippen molar-refractivity contribution in [2.45, 2.75) is 95.3 Å². The summed E-state index contributed by atoms with van der Waals surface area (Å²) in [6.45, 7) is 8.22. The number of ether oxygens (including phenoxy) is 2. The first-order valence-electron chi connectivity index (χ1n) is 15.1. The van der Waals surface area contributed by atoms with Crippen molar-refractivity contribution in [1.82, 2.24) is 9.80 Å². The average molecular weight is 540 g/mol. The van der Waals surface area contributed by atoms with E-state index < -0.39 is 24.0 Å². The van der Waals surface area contributed by atoms with E-state index in [0.717, 1.165) is 76.6 Å². The number of fused-ring (bicyclic) bond motifs is 1. The van der Waals surface area contributed by atoms with E-state index in [0.29, 0.717) is 24.6 Å². The van der Waals surface area contributed by atoms with Crippen molar-refractivity contribution in [1.29, 1.82) is 0 Å². The summed E-state index contributed by atoms with van der Waals surface area (Å²) in [5.41, 5.74) is 8.28. The molecular weight excluding hydrogens is 494 g/mol. The number of nitrogens with zero attached hydrogens (tertiary/aromatic N) is 2. The molecule has 1 aromatic carbocycles. The number of carbonyl (C=O) groups excluding carboxylic acids is 3. The summed E-state index contributed by atoms with van der Waals surface area (Å²) >= 11 is 0. The van der Waals surface area contributed by atoms with Crippen molar-refractivity contribution in [2.75, 3.05) is 39.4 Å². The first-order valence-corrected chi connectivity index (χ1v) is 15.1. The van der Waals surface area contributed by atoms with E-state index >= 15 is 0 Å². The van der Waals surface area contributed by atoms with Crippen molar-refractivity contribution < 1.29 is 23.9 Å². The topological polar surface area (TPSA) is 102 Å². The Balaban J connectivity index is 1.50. The van der Waals surface area contributed by atoms with Gasteiger partial charge >= 0.3 is 0 Å². The van der Waals surface area contributed by atoms with Crippen LogP contribution in [0.3, 0.4) is 0 Å². The number of likely N-dealkylation sites (tertiary alicyclic amines) is 2. The molecule has 4 fully saturated rings. The van der Waals surface area contributed by atoms with Gasteiger partial charge < -0.3 is 25.0 Å². The normalized spacial score (nSPS) is 27.6. The maximum atomic E-state index is 14.6. The Labute approximate surface area is 232 Å². The molecule has 39 heavy (non-hydrogen) atoms. The van der Waals surface area contributed by atoms with Gasteiger partial charge in [0.2, 0.25) is 11.8 Å². The molecule has 0 radical (unpaired) electrons. The number of amides is 2. The van der Waals surface area contributed by atoms with Crippen LogP contribution in [0.4, 0.5) is 0 Å². The molecule has 4 atom stereocenters. The highest BCUT2D eigenvalue weighted by Crippen LogP contribution is 2.42. The quantitative estimate of drug-likeness (QED) is 0.514. The Bertz CT molecular complexity index is 1050. The van der Waals surface area contributed by atoms with Gasteiger partial charge in [-0.1, -0.05) is 38.3 Å². The molecule has 1 aliphatic carbocycles. The fraction of sp³-hybridized carbons (Fsp3) is 0.710. The van der Waals surface area contributed by atoms with E-state index in [1.165, 1.54) is 5.56 Å². The Hall–Kier alpha value is -2.29. The zero-order valence-corrected chi connectivity index (χ0v) is 23.6. The van der Waals surface area contributed by atoms with Crippen molar-refractivity contribution in [3.8, 4) is 0 Å². The summed E-state index contributed by atoms with van der Waals surface area (Å²) < 4.78 is 11.7. The van der Waals surface area contributed by atoms with Gasteiger partial charge in [-0.25, -0.2) is 0 Å². The lowest BCUT2D eigenvalue weighted by atomic mass is 9.73. The third-order valence-electron chi connectivity index (χ3n) is 9.46. The highest BCUT2D eigenvalue weighted by Gasteiger charge is 2.54. The summed E-state index contributed by atoms with van der Waals surface area (Å²) in [6, 6.07) is 5.37. The van der Waals surface area contributed by atoms with E-state index in [4.69, 9.17) is 15.2 Å². The van der Waals surface area contributed by atoms with Crippen LogP contribution in [-0.2, 0) is 19.1 Å². The maximum Gasteiger partial charge on any atom is 0.249 e. The zero-order valence-electron chi connectivity index (χ0n) is 23.6. The highest BCUT2D eigenvalue weighted by molar-refractivity contribution is 5.99. The molecule has 0 spiro atoms. The molecule has 4 aliphatic rings. The monoisotopic (exact) mass is 539 g/mol. The molecular formula is C31H45N3O5. The Morgan fingerprint density at radius 3 is 2.51 bits per heavy atom. The van der Waals surface area contributed by atoms with Gasteiger partial charge in [0.05, 0.1) is 12.5 Å². The van der Waals surface area contributed by atoms with Crippen LogP contribution in [0.25, 0.3) is 0 Å². The van der Waals surface area contributed by atoms with Crippen LogP contribution in [0.2, 0.25) is 0 Å². The number of ketones is 1. The van der Waals surface area contributed by atoms with Crippen molar-refractivity contribution >= 4 is 17.6 Å². The van der Waals surface area contributed by atoms with Crippen LogP contribution in [0, 0.1) is 5.92 Å². The average Bonchev–Trinajstić information content (AvgIpc) is 3.51. The summed E-state index contributed by atoms with van der Waals surface area (Å²) in [6.07, 6.45) is 7.67. The van der Waals surface area contributed by atoms with Gasteiger partial charge in [-0.2, -0.15) is 0 Å². The molecule has 0 unspecified atom stereocenters. The minimum atomic E-state index is -0.622. The van der Waals surface area contributed by atoms with Crippen molar-refractivity contribution in [2.24, 2.45) is 11.7 Å². The smallest absolute Gasteiger partial charge is 0.249 e. The van der Waals surface area contributed by atoms with Gasteiger partial charge in [0.1, 0.15) is 24.9 Å². The van der Waals surface area contributed by atoms with Crippen molar-refractivity contribution in [3.05, 3.63) is 34.9 Å². The van der Waals surface area contributed by atoms with Gasteiger partial charge in [-0.05, 0) is 87.7 Å². The predicted octanol–water partition coefficient (Wildman–Crippen LogP) is 3.62. The number of primary amides is 1. The summed E-state index contributed by atoms with van der Waals surface area (Å²) in [5.74, 6) is -0.676. The lowest BCUT2D eigenvalue weighted by Gasteiger charge is -2.36. The molecule has 1 aromatic rings. The first-order chi connectivity index (χ1) is 18.9. The fourth-order valence-electron chi connectivity index (χ4n) is 7.56. The van der Waals surface area contributed by atoms with Crippen LogP contribution in [0.5, 0.6) is 0 Å². The molecule has 3 saturated heterocycles. The van der Waals surface area contributed by atoms with Crippen LogP contribution < -0.4 is 5.73 Å². The molecule has 0 bridgehead atoms. The summed E-state index contributed by atoms with van der Waals surface area (Å²) in [4.78, 5) is 44.4. The Morgan fingerprint density at radius 1 is 1.10 bits per heavy atom. The van der Waals surface area contributed by atoms with Gasteiger partial charge in [0.15, 0.2) is 5.78 Å². The summed E-state index contributed by atoms with van der Waals surface area (Å²) in [5, 5.41) is 0. The second-order valence-corrected chi connectivity index (χ2v) is 11.9. The Kier molecular flexibility index (Phi) is 9.04. The van der Waals surface area contributed by atoms with Crippen molar-refractivity contribution in [3.63, 3.8) is 0 Å². The van der Waals surface area contributed by atoms with E-state index in [1.807, 2.05) is 19.1 Å². The standard InChI is InChI=1S/C31H45N3O5/c1-3-14-33-15-12-20(13-16-33)22-10-11-23(30(32)36)24(17-22)27(21-8-6-5-7-9-21)31(37)34-18-26(38-4-2)29-28(34)25(35)19-39-29/h10-11,17,20-21,26-29H,3-9,12-16,18-19H2,1-2H3,(H2,32,36)/t26-,27-,28+,29+/m0/s1. The molecule has 2 N–H and O–H groups in total. The van der Waals surface area contributed by atoms with E-state index in [-0.39, 0.29) is 30.3 Å². The zero-order chi connectivity index (χ0) is 27.5. The van der Waals surface area contributed by atoms with Crippen LogP contribution >= 0.6 is 0 Å². The number of carbonyl (C=O) groups is 3. The number of rotatable bonds is 9. The van der Waals surface area contributed by atoms with E-state index in [2.05, 4.69) is 17.9 Å². The first kappa shape index (κ1) is 28.2. The fourth-order valence-corrected chi connectivity index (χ4v) is 7.56. The van der Waals surface area contributed by atoms with Crippen LogP contribution in [-0.4, -0.2) is 85.0 Å². The molecule has 3 heterocycles. The lowest BCUT2D eigenvalue weighted by molar-refractivity contribution is -0.139. The Morgan fingerprint density at radius 2 is 1.85 bits per heavy atom. The molecule has 8 nitrogen and oxygen atoms in total. The third kappa shape index (κ3) is 5.79. The van der Waals surface area contributed by atoms with Crippen LogP contribution in [0.15, 0.2) is 18.2 Å². The van der Waals surface area contributed by atoms with Gasteiger partial charge in [-0.3, -0.25) is 14.4 Å². The lowest BCUT2D eigenvalue weighted by Crippen LogP contribution is -2.46. The van der Waals surface area contributed by atoms with Gasteiger partial charge in [0.25, 0.3) is 0 Å². The number of nitrogens with two attached hydrogens (primary N) is 1. The number of piperidine rings is 1. The van der Waals surface area contributed by atoms with Gasteiger partial charge in [0, 0.05) is 12.2 Å². The molecule has 3 aliphatic heterocycles. The number of Topliss-reactive ketones (excluding diaryl/α,β-unsaturated/α-hetero) is 1. The number of hydrogen-bond donors (Lipinski definition) is 1. The second kappa shape index (κ2) is 12.5. The number of benzene rings is 1. The molecule has 8 heteroatoms. The minimum absolute atomic E-state index is 0.00946.